The van der Waals surface area contributed by atoms with Gasteiger partial charge in [-0.05, 0) is 72.5 Å². The fraction of sp³-hybridized carbons (Fsp3) is 0.200. The standard InChI is InChI=1S/C25H26N2O5S.3H2/c1-16(28)17-8-11-20(12-9-17)32-23-14-18(25(2,3)4)10-13-22(23)24(29)27-19-6-5-7-21(15-19)33(26,30)31;;;/h5-15H,1-4H3,(H,27,29)(H2,26,30,31);3*1H. The second-order valence-corrected chi connectivity index (χ2v) is 10.2. The van der Waals surface area contributed by atoms with E-state index >= 15 is 0 Å². The first kappa shape index (κ1) is 24.2. The SMILES string of the molecule is CC(=O)c1ccc(Oc2cc(C(C)(C)C)ccc2C(=O)Nc2cccc(S(N)(=O)=O)c2)cc1.[HH].[HH].[HH]. The molecule has 3 N–H and O–H groups in total. The summed E-state index contributed by atoms with van der Waals surface area (Å²) in [5, 5.41) is 7.88. The van der Waals surface area contributed by atoms with Crippen molar-refractivity contribution in [1.82, 2.24) is 0 Å². The molecule has 0 fully saturated rings. The van der Waals surface area contributed by atoms with Crippen LogP contribution in [0.4, 0.5) is 5.69 Å². The number of rotatable bonds is 6. The molecule has 0 saturated carbocycles. The van der Waals surface area contributed by atoms with Crippen molar-refractivity contribution in [2.75, 3.05) is 5.32 Å². The highest BCUT2D eigenvalue weighted by Crippen LogP contribution is 2.32. The van der Waals surface area contributed by atoms with Crippen LogP contribution in [-0.2, 0) is 15.4 Å². The molecule has 0 saturated heterocycles. The molecule has 0 heterocycles. The van der Waals surface area contributed by atoms with Gasteiger partial charge in [-0.3, -0.25) is 9.59 Å². The number of nitrogens with two attached hydrogens (primary N) is 1. The van der Waals surface area contributed by atoms with Crippen molar-refractivity contribution in [1.29, 1.82) is 0 Å². The molecule has 178 valence electrons. The van der Waals surface area contributed by atoms with Crippen molar-refractivity contribution in [2.24, 2.45) is 5.14 Å². The molecule has 0 unspecified atom stereocenters. The average Bonchev–Trinajstić information content (AvgIpc) is 2.73. The van der Waals surface area contributed by atoms with Gasteiger partial charge in [0.1, 0.15) is 11.5 Å². The van der Waals surface area contributed by atoms with Crippen LogP contribution in [0.25, 0.3) is 0 Å². The molecule has 1 amide bonds. The van der Waals surface area contributed by atoms with Crippen LogP contribution in [0.2, 0.25) is 0 Å². The minimum Gasteiger partial charge on any atom is -0.457 e. The quantitative estimate of drug-likeness (QED) is 0.452. The number of benzene rings is 3. The van der Waals surface area contributed by atoms with E-state index in [0.717, 1.165) is 5.56 Å². The zero-order valence-corrected chi connectivity index (χ0v) is 19.7. The van der Waals surface area contributed by atoms with Gasteiger partial charge in [0.25, 0.3) is 5.91 Å². The number of anilines is 1. The first-order valence-corrected chi connectivity index (χ1v) is 11.8. The summed E-state index contributed by atoms with van der Waals surface area (Å²) in [4.78, 5) is 24.5. The van der Waals surface area contributed by atoms with Gasteiger partial charge in [0.2, 0.25) is 10.0 Å². The van der Waals surface area contributed by atoms with Crippen LogP contribution in [0, 0.1) is 0 Å². The van der Waals surface area contributed by atoms with E-state index in [0.29, 0.717) is 17.1 Å². The summed E-state index contributed by atoms with van der Waals surface area (Å²) in [7, 11) is -3.91. The van der Waals surface area contributed by atoms with Crippen molar-refractivity contribution < 1.29 is 27.0 Å². The third-order valence-electron chi connectivity index (χ3n) is 5.00. The molecule has 0 aromatic heterocycles. The van der Waals surface area contributed by atoms with Crippen molar-refractivity contribution in [3.63, 3.8) is 0 Å². The van der Waals surface area contributed by atoms with Gasteiger partial charge in [-0.25, -0.2) is 13.6 Å². The Kier molecular flexibility index (Phi) is 6.71. The maximum Gasteiger partial charge on any atom is 0.259 e. The number of hydrogen-bond acceptors (Lipinski definition) is 5. The minimum atomic E-state index is -3.91. The second-order valence-electron chi connectivity index (χ2n) is 8.67. The third-order valence-corrected chi connectivity index (χ3v) is 5.91. The topological polar surface area (TPSA) is 116 Å². The summed E-state index contributed by atoms with van der Waals surface area (Å²) < 4.78 is 29.3. The smallest absolute Gasteiger partial charge is 0.259 e. The van der Waals surface area contributed by atoms with Crippen LogP contribution in [0.15, 0.2) is 71.6 Å². The van der Waals surface area contributed by atoms with E-state index < -0.39 is 15.9 Å². The number of sulfonamides is 1. The van der Waals surface area contributed by atoms with Gasteiger partial charge in [0.05, 0.1) is 10.5 Å². The van der Waals surface area contributed by atoms with E-state index in [1.54, 1.807) is 42.5 Å². The fourth-order valence-electron chi connectivity index (χ4n) is 3.09. The van der Waals surface area contributed by atoms with Crippen molar-refractivity contribution in [3.8, 4) is 11.5 Å². The molecule has 0 atom stereocenters. The maximum absolute atomic E-state index is 13.1. The first-order valence-electron chi connectivity index (χ1n) is 10.2. The molecule has 0 aliphatic heterocycles. The average molecular weight is 473 g/mol. The molecule has 3 aromatic carbocycles. The summed E-state index contributed by atoms with van der Waals surface area (Å²) in [6, 6.07) is 17.7. The molecular weight excluding hydrogens is 440 g/mol. The largest absolute Gasteiger partial charge is 0.457 e. The highest BCUT2D eigenvalue weighted by molar-refractivity contribution is 7.89. The Balaban J connectivity index is 0.00000408. The Morgan fingerprint density at radius 2 is 1.64 bits per heavy atom. The van der Waals surface area contributed by atoms with E-state index in [-0.39, 0.29) is 31.6 Å². The molecule has 3 aromatic rings. The number of hydrogen-bond donors (Lipinski definition) is 2. The second kappa shape index (κ2) is 9.17. The van der Waals surface area contributed by atoms with Gasteiger partial charge >= 0.3 is 0 Å². The number of Topliss-reactive ketones (excluding diaryl/α,β-unsaturated/α-hetero) is 1. The molecular formula is C25H32N2O5S. The lowest BCUT2D eigenvalue weighted by molar-refractivity contribution is 0.101. The number of nitrogens with one attached hydrogen (secondary N) is 1. The van der Waals surface area contributed by atoms with Gasteiger partial charge in [0.15, 0.2) is 5.78 Å². The Labute approximate surface area is 198 Å². The first-order chi connectivity index (χ1) is 15.3. The number of primary sulfonamides is 1. The molecule has 0 aliphatic rings. The zero-order valence-electron chi connectivity index (χ0n) is 18.9. The summed E-state index contributed by atoms with van der Waals surface area (Å²) in [6.07, 6.45) is 0. The molecule has 7 nitrogen and oxygen atoms in total. The number of ether oxygens (including phenoxy) is 1. The molecule has 8 heteroatoms. The highest BCUT2D eigenvalue weighted by atomic mass is 32.2. The Morgan fingerprint density at radius 1 is 0.970 bits per heavy atom. The van der Waals surface area contributed by atoms with E-state index in [2.05, 4.69) is 5.32 Å². The van der Waals surface area contributed by atoms with Gasteiger partial charge in [0, 0.05) is 15.5 Å². The summed E-state index contributed by atoms with van der Waals surface area (Å²) in [5.74, 6) is 0.268. The number of ketones is 1. The van der Waals surface area contributed by atoms with E-state index in [1.807, 2.05) is 26.8 Å². The minimum absolute atomic E-state index is 0. The van der Waals surface area contributed by atoms with Gasteiger partial charge in [-0.15, -0.1) is 0 Å². The maximum atomic E-state index is 13.1. The lowest BCUT2D eigenvalue weighted by Crippen LogP contribution is -2.16. The predicted octanol–water partition coefficient (Wildman–Crippen LogP) is 5.62. The van der Waals surface area contributed by atoms with Crippen LogP contribution in [0.5, 0.6) is 11.5 Å². The van der Waals surface area contributed by atoms with E-state index in [9.17, 15) is 18.0 Å². The molecule has 0 spiro atoms. The molecule has 33 heavy (non-hydrogen) atoms. The van der Waals surface area contributed by atoms with Crippen molar-refractivity contribution in [3.05, 3.63) is 83.4 Å². The molecule has 0 radical (unpaired) electrons. The summed E-state index contributed by atoms with van der Waals surface area (Å²) in [5.41, 5.74) is 1.88. The van der Waals surface area contributed by atoms with E-state index in [4.69, 9.17) is 9.88 Å². The van der Waals surface area contributed by atoms with E-state index in [1.165, 1.54) is 25.1 Å². The van der Waals surface area contributed by atoms with Crippen LogP contribution in [0.3, 0.4) is 0 Å². The monoisotopic (exact) mass is 472 g/mol. The fourth-order valence-corrected chi connectivity index (χ4v) is 3.65. The Hall–Kier alpha value is -3.49. The third kappa shape index (κ3) is 6.06. The zero-order chi connectivity index (χ0) is 24.4. The normalized spacial score (nSPS) is 11.7. The van der Waals surface area contributed by atoms with Gasteiger partial charge in [-0.2, -0.15) is 0 Å². The summed E-state index contributed by atoms with van der Waals surface area (Å²) in [6.45, 7) is 7.63. The lowest BCUT2D eigenvalue weighted by Gasteiger charge is -2.21. The molecule has 0 bridgehead atoms. The predicted molar refractivity (Wildman–Crippen MR) is 134 cm³/mol. The Bertz CT molecular complexity index is 1320. The highest BCUT2D eigenvalue weighted by Gasteiger charge is 2.20. The molecule has 0 aliphatic carbocycles. The van der Waals surface area contributed by atoms with Crippen LogP contribution < -0.4 is 15.2 Å². The summed E-state index contributed by atoms with van der Waals surface area (Å²) >= 11 is 0. The van der Waals surface area contributed by atoms with Crippen LogP contribution in [0.1, 0.15) is 58.3 Å². The van der Waals surface area contributed by atoms with Gasteiger partial charge in [-0.1, -0.05) is 32.9 Å². The Morgan fingerprint density at radius 3 is 2.21 bits per heavy atom. The van der Waals surface area contributed by atoms with Crippen molar-refractivity contribution in [2.45, 2.75) is 38.0 Å². The number of carbonyl (C=O) groups excluding carboxylic acids is 2. The van der Waals surface area contributed by atoms with Crippen LogP contribution in [-0.4, -0.2) is 20.1 Å². The van der Waals surface area contributed by atoms with Crippen LogP contribution >= 0.6 is 0 Å². The van der Waals surface area contributed by atoms with Crippen molar-refractivity contribution >= 4 is 27.4 Å². The van der Waals surface area contributed by atoms with Gasteiger partial charge < -0.3 is 10.1 Å². The number of carbonyl (C=O) groups is 2. The lowest BCUT2D eigenvalue weighted by atomic mass is 9.86. The molecule has 3 rings (SSSR count). The number of amides is 1.